The molecule has 0 bridgehead atoms. The number of carbonyl (C=O) groups excluding carboxylic acids is 1. The fourth-order valence-corrected chi connectivity index (χ4v) is 2.12. The van der Waals surface area contributed by atoms with Crippen LogP contribution in [0.5, 0.6) is 0 Å². The minimum atomic E-state index is -1.59. The Kier molecular flexibility index (Phi) is 10.2. The van der Waals surface area contributed by atoms with Crippen LogP contribution >= 0.6 is 34.8 Å². The number of carboxylic acids is 1. The van der Waals surface area contributed by atoms with Crippen LogP contribution in [0.3, 0.4) is 0 Å². The molecule has 6 nitrogen and oxygen atoms in total. The maximum Gasteiger partial charge on any atom is 0.328 e. The molecule has 0 aliphatic rings. The molecule has 1 aromatic rings. The Morgan fingerprint density at radius 2 is 1.68 bits per heavy atom. The van der Waals surface area contributed by atoms with Gasteiger partial charge in [-0.15, -0.1) is 0 Å². The number of hydrogen-bond donors (Lipinski definition) is 3. The number of nitrogens with two attached hydrogens (primary N) is 1. The predicted octanol–water partition coefficient (Wildman–Crippen LogP) is 3.36. The van der Waals surface area contributed by atoms with Gasteiger partial charge in [-0.3, -0.25) is 4.79 Å². The van der Waals surface area contributed by atoms with Gasteiger partial charge in [-0.05, 0) is 38.8 Å². The number of esters is 1. The molecule has 1 aromatic carbocycles. The molecule has 1 rings (SSSR count). The fraction of sp³-hybridized carbons (Fsp3) is 0.500. The molecule has 0 fully saturated rings. The van der Waals surface area contributed by atoms with E-state index in [-0.39, 0.29) is 13.2 Å². The summed E-state index contributed by atoms with van der Waals surface area (Å²) in [5.41, 5.74) is 8.82. The lowest BCUT2D eigenvalue weighted by atomic mass is 10.0. The number of hydrogen-bond acceptors (Lipinski definition) is 5. The van der Waals surface area contributed by atoms with Gasteiger partial charge in [0, 0.05) is 5.69 Å². The zero-order chi connectivity index (χ0) is 19.8. The number of halogens is 3. The van der Waals surface area contributed by atoms with Gasteiger partial charge >= 0.3 is 11.9 Å². The Labute approximate surface area is 162 Å². The number of anilines is 1. The zero-order valence-electron chi connectivity index (χ0n) is 14.5. The summed E-state index contributed by atoms with van der Waals surface area (Å²) in [4.78, 5) is 21.1. The van der Waals surface area contributed by atoms with Gasteiger partial charge in [0.1, 0.15) is 12.6 Å². The number of aliphatic carboxylic acids is 1. The molecule has 0 saturated heterocycles. The molecule has 0 radical (unpaired) electrons. The normalized spacial score (nSPS) is 11.8. The number of rotatable bonds is 5. The van der Waals surface area contributed by atoms with Crippen molar-refractivity contribution in [3.8, 4) is 0 Å². The number of carboxylic acid groups (broad SMARTS) is 1. The summed E-state index contributed by atoms with van der Waals surface area (Å²) in [5.74, 6) is -1.43. The second-order valence-electron chi connectivity index (χ2n) is 5.46. The van der Waals surface area contributed by atoms with E-state index in [4.69, 9.17) is 44.6 Å². The van der Waals surface area contributed by atoms with Crippen molar-refractivity contribution in [3.63, 3.8) is 0 Å². The summed E-state index contributed by atoms with van der Waals surface area (Å²) in [7, 11) is 0. The Balaban J connectivity index is 0.00000101. The van der Waals surface area contributed by atoms with Gasteiger partial charge in [0.25, 0.3) is 0 Å². The first-order valence-electron chi connectivity index (χ1n) is 7.37. The maximum atomic E-state index is 11.8. The number of carbonyl (C=O) groups is 2. The molecule has 9 heteroatoms. The Morgan fingerprint density at radius 1 is 1.24 bits per heavy atom. The average Bonchev–Trinajstić information content (AvgIpc) is 2.47. The van der Waals surface area contributed by atoms with Crippen molar-refractivity contribution in [3.05, 3.63) is 28.8 Å². The maximum absolute atomic E-state index is 11.8. The molecule has 4 N–H and O–H groups in total. The van der Waals surface area contributed by atoms with Crippen LogP contribution in [-0.2, 0) is 14.3 Å². The van der Waals surface area contributed by atoms with E-state index >= 15 is 0 Å². The number of alkyl halides is 3. The number of aryl methyl sites for hydroxylation is 3. The van der Waals surface area contributed by atoms with Crippen molar-refractivity contribution in [2.75, 3.05) is 18.5 Å². The molecule has 0 saturated carbocycles. The number of nitrogens with one attached hydrogen (secondary N) is 1. The van der Waals surface area contributed by atoms with Crippen LogP contribution in [0, 0.1) is 20.8 Å². The van der Waals surface area contributed by atoms with E-state index in [9.17, 15) is 9.59 Å². The lowest BCUT2D eigenvalue weighted by Crippen LogP contribution is -2.31. The second-order valence-corrected chi connectivity index (χ2v) is 7.98. The number of benzene rings is 1. The molecule has 0 amide bonds. The summed E-state index contributed by atoms with van der Waals surface area (Å²) in [5, 5.41) is 10.7. The third kappa shape index (κ3) is 10.4. The van der Waals surface area contributed by atoms with Gasteiger partial charge in [-0.1, -0.05) is 52.5 Å². The van der Waals surface area contributed by atoms with Gasteiger partial charge in [-0.25, -0.2) is 4.79 Å². The molecular weight excluding hydrogens is 391 g/mol. The fourth-order valence-electron chi connectivity index (χ4n) is 1.96. The first-order chi connectivity index (χ1) is 11.4. The van der Waals surface area contributed by atoms with Crippen LogP contribution in [0.1, 0.15) is 23.6 Å². The van der Waals surface area contributed by atoms with Crippen molar-refractivity contribution >= 4 is 52.4 Å². The molecule has 25 heavy (non-hydrogen) atoms. The van der Waals surface area contributed by atoms with Crippen molar-refractivity contribution < 1.29 is 19.4 Å². The Morgan fingerprint density at radius 3 is 2.04 bits per heavy atom. The van der Waals surface area contributed by atoms with E-state index in [1.807, 2.05) is 20.8 Å². The zero-order valence-corrected chi connectivity index (χ0v) is 16.8. The molecule has 0 heterocycles. The topological polar surface area (TPSA) is 102 Å². The van der Waals surface area contributed by atoms with E-state index in [0.717, 1.165) is 16.8 Å². The first-order valence-corrected chi connectivity index (χ1v) is 8.50. The van der Waals surface area contributed by atoms with Gasteiger partial charge in [-0.2, -0.15) is 0 Å². The van der Waals surface area contributed by atoms with E-state index in [1.165, 1.54) is 5.56 Å². The van der Waals surface area contributed by atoms with Crippen LogP contribution in [0.4, 0.5) is 5.69 Å². The molecule has 0 aromatic heterocycles. The second kappa shape index (κ2) is 10.7. The highest BCUT2D eigenvalue weighted by Gasteiger charge is 2.24. The Bertz CT molecular complexity index is 581. The van der Waals surface area contributed by atoms with Crippen LogP contribution < -0.4 is 11.1 Å². The van der Waals surface area contributed by atoms with Gasteiger partial charge < -0.3 is 20.9 Å². The monoisotopic (exact) mass is 412 g/mol. The molecule has 142 valence electrons. The highest BCUT2D eigenvalue weighted by molar-refractivity contribution is 6.67. The van der Waals surface area contributed by atoms with Crippen LogP contribution in [0.15, 0.2) is 12.1 Å². The van der Waals surface area contributed by atoms with Crippen molar-refractivity contribution in [1.29, 1.82) is 0 Å². The van der Waals surface area contributed by atoms with E-state index in [1.54, 1.807) is 6.92 Å². The average molecular weight is 414 g/mol. The standard InChI is InChI=1S/C14H18Cl3NO2.C2H5NO2/c1-8-5-9(2)12(10(3)6-8)18-11(4)13(19)20-7-14(15,16)17;3-1-2(4)5/h5-6,11,18H,7H2,1-4H3;1,3H2,(H,4,5)/t11-;/m0./s1. The smallest absolute Gasteiger partial charge is 0.328 e. The molecule has 0 unspecified atom stereocenters. The first kappa shape index (κ1) is 23.8. The van der Waals surface area contributed by atoms with E-state index < -0.39 is 21.8 Å². The van der Waals surface area contributed by atoms with E-state index in [0.29, 0.717) is 0 Å². The predicted molar refractivity (Wildman–Crippen MR) is 102 cm³/mol. The minimum Gasteiger partial charge on any atom is -0.480 e. The Hall–Kier alpha value is -1.21. The minimum absolute atomic E-state index is 0.269. The van der Waals surface area contributed by atoms with Crippen molar-refractivity contribution in [1.82, 2.24) is 0 Å². The van der Waals surface area contributed by atoms with Crippen LogP contribution in [0.25, 0.3) is 0 Å². The van der Waals surface area contributed by atoms with Gasteiger partial charge in [0.15, 0.2) is 0 Å². The van der Waals surface area contributed by atoms with Gasteiger partial charge in [0.05, 0.1) is 6.54 Å². The van der Waals surface area contributed by atoms with Crippen molar-refractivity contribution in [2.45, 2.75) is 37.5 Å². The summed E-state index contributed by atoms with van der Waals surface area (Å²) < 4.78 is 3.35. The van der Waals surface area contributed by atoms with Crippen LogP contribution in [0.2, 0.25) is 0 Å². The summed E-state index contributed by atoms with van der Waals surface area (Å²) >= 11 is 16.6. The summed E-state index contributed by atoms with van der Waals surface area (Å²) in [6.07, 6.45) is 0. The summed E-state index contributed by atoms with van der Waals surface area (Å²) in [6.45, 7) is 7.17. The molecule has 0 aliphatic carbocycles. The van der Waals surface area contributed by atoms with Crippen LogP contribution in [-0.4, -0.2) is 40.0 Å². The third-order valence-corrected chi connectivity index (χ3v) is 3.27. The highest BCUT2D eigenvalue weighted by atomic mass is 35.6. The SMILES string of the molecule is Cc1cc(C)c(N[C@@H](C)C(=O)OCC(Cl)(Cl)Cl)c(C)c1.NCC(=O)O. The molecular formula is C16H23Cl3N2O4. The largest absolute Gasteiger partial charge is 0.480 e. The lowest BCUT2D eigenvalue weighted by molar-refractivity contribution is -0.144. The van der Waals surface area contributed by atoms with E-state index in [2.05, 4.69) is 23.2 Å². The molecule has 0 spiro atoms. The third-order valence-electron chi connectivity index (χ3n) is 2.94. The highest BCUT2D eigenvalue weighted by Crippen LogP contribution is 2.26. The number of ether oxygens (including phenoxy) is 1. The molecule has 1 atom stereocenters. The lowest BCUT2D eigenvalue weighted by Gasteiger charge is -2.19. The quantitative estimate of drug-likeness (QED) is 0.505. The summed E-state index contributed by atoms with van der Waals surface area (Å²) in [6, 6.07) is 3.58. The van der Waals surface area contributed by atoms with Crippen molar-refractivity contribution in [2.24, 2.45) is 5.73 Å². The van der Waals surface area contributed by atoms with Gasteiger partial charge in [0.2, 0.25) is 3.79 Å². The molecule has 0 aliphatic heterocycles.